The van der Waals surface area contributed by atoms with Gasteiger partial charge in [-0.25, -0.2) is 0 Å². The van der Waals surface area contributed by atoms with E-state index in [0.29, 0.717) is 0 Å². The Bertz CT molecular complexity index is 314. The van der Waals surface area contributed by atoms with Crippen LogP contribution in [0.1, 0.15) is 6.42 Å². The van der Waals surface area contributed by atoms with Gasteiger partial charge in [0.25, 0.3) is 5.24 Å². The number of benzene rings is 1. The topological polar surface area (TPSA) is 20.3 Å². The maximum atomic E-state index is 11.3. The fourth-order valence-corrected chi connectivity index (χ4v) is 2.83. The number of carbonyl (C=O) groups excluding carboxylic acids is 1. The molecule has 0 saturated heterocycles. The van der Waals surface area contributed by atoms with E-state index in [1.54, 1.807) is 19.0 Å². The van der Waals surface area contributed by atoms with Crippen molar-refractivity contribution in [2.24, 2.45) is 0 Å². The van der Waals surface area contributed by atoms with Gasteiger partial charge < -0.3 is 4.90 Å². The average Bonchev–Trinajstić information content (AvgIpc) is 2.29. The highest BCUT2D eigenvalue weighted by Crippen LogP contribution is 2.19. The number of hydrogen-bond acceptors (Lipinski definition) is 3. The molecule has 1 aromatic carbocycles. The molecule has 2 nitrogen and oxygen atoms in total. The van der Waals surface area contributed by atoms with Gasteiger partial charge in [-0.2, -0.15) is 0 Å². The van der Waals surface area contributed by atoms with Gasteiger partial charge in [-0.15, -0.1) is 11.8 Å². The Balaban J connectivity index is 2.07. The zero-order chi connectivity index (χ0) is 11.8. The van der Waals surface area contributed by atoms with Crippen LogP contribution in [0.5, 0.6) is 0 Å². The van der Waals surface area contributed by atoms with E-state index in [2.05, 4.69) is 12.1 Å². The summed E-state index contributed by atoms with van der Waals surface area (Å²) in [6.45, 7) is 0. The van der Waals surface area contributed by atoms with Gasteiger partial charge in [0.15, 0.2) is 0 Å². The largest absolute Gasteiger partial charge is 0.340 e. The second-order valence-electron chi connectivity index (χ2n) is 3.52. The number of hydrogen-bond donors (Lipinski definition) is 0. The summed E-state index contributed by atoms with van der Waals surface area (Å²) >= 11 is 3.24. The van der Waals surface area contributed by atoms with Crippen LogP contribution < -0.4 is 0 Å². The molecular formula is C12H17NOS2. The van der Waals surface area contributed by atoms with Crippen LogP contribution in [0.25, 0.3) is 0 Å². The van der Waals surface area contributed by atoms with E-state index >= 15 is 0 Å². The van der Waals surface area contributed by atoms with Gasteiger partial charge in [-0.1, -0.05) is 30.0 Å². The number of nitrogens with zero attached hydrogens (tertiary/aromatic N) is 1. The van der Waals surface area contributed by atoms with Crippen molar-refractivity contribution < 1.29 is 4.79 Å². The minimum Gasteiger partial charge on any atom is -0.340 e. The van der Waals surface area contributed by atoms with E-state index in [1.807, 2.05) is 30.0 Å². The minimum atomic E-state index is 0.143. The SMILES string of the molecule is CN(C)C(=O)SCCCSc1ccccc1. The lowest BCUT2D eigenvalue weighted by molar-refractivity contribution is 0.241. The highest BCUT2D eigenvalue weighted by Gasteiger charge is 2.03. The average molecular weight is 255 g/mol. The van der Waals surface area contributed by atoms with Crippen LogP contribution in [0, 0.1) is 0 Å². The van der Waals surface area contributed by atoms with Crippen molar-refractivity contribution in [3.8, 4) is 0 Å². The van der Waals surface area contributed by atoms with Gasteiger partial charge in [0.05, 0.1) is 0 Å². The van der Waals surface area contributed by atoms with Gasteiger partial charge >= 0.3 is 0 Å². The summed E-state index contributed by atoms with van der Waals surface area (Å²) in [6, 6.07) is 10.3. The first-order valence-electron chi connectivity index (χ1n) is 5.22. The predicted octanol–water partition coefficient (Wildman–Crippen LogP) is 3.58. The number of thioether (sulfide) groups is 2. The third kappa shape index (κ3) is 5.47. The van der Waals surface area contributed by atoms with E-state index in [1.165, 1.54) is 16.7 Å². The maximum Gasteiger partial charge on any atom is 0.281 e. The number of amides is 1. The van der Waals surface area contributed by atoms with Crippen molar-refractivity contribution in [2.45, 2.75) is 11.3 Å². The summed E-state index contributed by atoms with van der Waals surface area (Å²) < 4.78 is 0. The van der Waals surface area contributed by atoms with Gasteiger partial charge in [-0.05, 0) is 24.3 Å². The monoisotopic (exact) mass is 255 g/mol. The normalized spacial score (nSPS) is 10.1. The fraction of sp³-hybridized carbons (Fsp3) is 0.417. The zero-order valence-corrected chi connectivity index (χ0v) is 11.3. The van der Waals surface area contributed by atoms with Crippen LogP contribution in [0.4, 0.5) is 4.79 Å². The molecule has 1 rings (SSSR count). The Hall–Kier alpha value is -0.610. The van der Waals surface area contributed by atoms with Crippen LogP contribution >= 0.6 is 23.5 Å². The van der Waals surface area contributed by atoms with Crippen LogP contribution in [0.2, 0.25) is 0 Å². The molecule has 0 atom stereocenters. The van der Waals surface area contributed by atoms with E-state index in [9.17, 15) is 4.79 Å². The summed E-state index contributed by atoms with van der Waals surface area (Å²) in [7, 11) is 3.57. The number of carbonyl (C=O) groups is 1. The van der Waals surface area contributed by atoms with Gasteiger partial charge in [-0.3, -0.25) is 4.79 Å². The molecule has 0 heterocycles. The molecule has 88 valence electrons. The molecule has 16 heavy (non-hydrogen) atoms. The molecule has 0 N–H and O–H groups in total. The Morgan fingerprint density at radius 3 is 2.50 bits per heavy atom. The molecule has 0 unspecified atom stereocenters. The summed E-state index contributed by atoms with van der Waals surface area (Å²) in [5.41, 5.74) is 0. The smallest absolute Gasteiger partial charge is 0.281 e. The highest BCUT2D eigenvalue weighted by atomic mass is 32.2. The van der Waals surface area contributed by atoms with Crippen molar-refractivity contribution in [1.29, 1.82) is 0 Å². The van der Waals surface area contributed by atoms with Crippen LogP contribution in [-0.2, 0) is 0 Å². The van der Waals surface area contributed by atoms with Crippen molar-refractivity contribution >= 4 is 28.8 Å². The van der Waals surface area contributed by atoms with Crippen LogP contribution in [-0.4, -0.2) is 35.7 Å². The first-order valence-corrected chi connectivity index (χ1v) is 7.19. The van der Waals surface area contributed by atoms with E-state index in [0.717, 1.165) is 17.9 Å². The predicted molar refractivity (Wildman–Crippen MR) is 73.3 cm³/mol. The molecule has 0 aliphatic carbocycles. The van der Waals surface area contributed by atoms with Gasteiger partial charge in [0, 0.05) is 24.7 Å². The van der Waals surface area contributed by atoms with Crippen LogP contribution in [0.15, 0.2) is 35.2 Å². The zero-order valence-electron chi connectivity index (χ0n) is 9.68. The molecule has 0 radical (unpaired) electrons. The molecule has 0 spiro atoms. The molecule has 1 aromatic rings. The Kier molecular flexibility index (Phi) is 6.42. The highest BCUT2D eigenvalue weighted by molar-refractivity contribution is 8.13. The lowest BCUT2D eigenvalue weighted by Crippen LogP contribution is -2.16. The van der Waals surface area contributed by atoms with Crippen LogP contribution in [0.3, 0.4) is 0 Å². The third-order valence-electron chi connectivity index (χ3n) is 1.89. The third-order valence-corrected chi connectivity index (χ3v) is 4.09. The molecule has 0 saturated carbocycles. The molecule has 0 bridgehead atoms. The lowest BCUT2D eigenvalue weighted by Gasteiger charge is -2.08. The molecular weight excluding hydrogens is 238 g/mol. The van der Waals surface area contributed by atoms with E-state index in [-0.39, 0.29) is 5.24 Å². The molecule has 0 aliphatic rings. The first kappa shape index (κ1) is 13.5. The van der Waals surface area contributed by atoms with Crippen molar-refractivity contribution in [2.75, 3.05) is 25.6 Å². The Morgan fingerprint density at radius 1 is 1.19 bits per heavy atom. The molecule has 0 aromatic heterocycles. The van der Waals surface area contributed by atoms with Crippen molar-refractivity contribution in [1.82, 2.24) is 4.90 Å². The van der Waals surface area contributed by atoms with Crippen molar-refractivity contribution in [3.63, 3.8) is 0 Å². The van der Waals surface area contributed by atoms with Gasteiger partial charge in [0.2, 0.25) is 0 Å². The first-order chi connectivity index (χ1) is 7.70. The summed E-state index contributed by atoms with van der Waals surface area (Å²) in [6.07, 6.45) is 1.06. The second-order valence-corrected chi connectivity index (χ2v) is 5.74. The van der Waals surface area contributed by atoms with E-state index < -0.39 is 0 Å². The second kappa shape index (κ2) is 7.63. The van der Waals surface area contributed by atoms with Crippen molar-refractivity contribution in [3.05, 3.63) is 30.3 Å². The molecule has 0 fully saturated rings. The minimum absolute atomic E-state index is 0.143. The Morgan fingerprint density at radius 2 is 1.88 bits per heavy atom. The lowest BCUT2D eigenvalue weighted by atomic mass is 10.4. The molecule has 1 amide bonds. The summed E-state index contributed by atoms with van der Waals surface area (Å²) in [5, 5.41) is 0.143. The number of rotatable bonds is 5. The molecule has 4 heteroatoms. The molecule has 0 aliphatic heterocycles. The summed E-state index contributed by atoms with van der Waals surface area (Å²) in [4.78, 5) is 14.2. The fourth-order valence-electron chi connectivity index (χ4n) is 1.05. The Labute approximate surface area is 106 Å². The quantitative estimate of drug-likeness (QED) is 0.592. The summed E-state index contributed by atoms with van der Waals surface area (Å²) in [5.74, 6) is 1.97. The maximum absolute atomic E-state index is 11.3. The van der Waals surface area contributed by atoms with Gasteiger partial charge in [0.1, 0.15) is 0 Å². The van der Waals surface area contributed by atoms with E-state index in [4.69, 9.17) is 0 Å². The standard InChI is InChI=1S/C12H17NOS2/c1-13(2)12(14)16-10-6-9-15-11-7-4-3-5-8-11/h3-5,7-8H,6,9-10H2,1-2H3.